The lowest BCUT2D eigenvalue weighted by atomic mass is 10.1. The van der Waals surface area contributed by atoms with Gasteiger partial charge in [-0.25, -0.2) is 4.98 Å². The zero-order chi connectivity index (χ0) is 13.1. The second-order valence-electron chi connectivity index (χ2n) is 4.16. The summed E-state index contributed by atoms with van der Waals surface area (Å²) in [4.78, 5) is 4.67. The van der Waals surface area contributed by atoms with E-state index in [9.17, 15) is 0 Å². The summed E-state index contributed by atoms with van der Waals surface area (Å²) in [6.45, 7) is 0. The minimum absolute atomic E-state index is 0.939. The number of nitrogens with zero attached hydrogens (tertiary/aromatic N) is 1. The molecule has 4 heteroatoms. The Morgan fingerprint density at radius 3 is 2.89 bits per heavy atom. The molecular weight excluding hydrogens is 272 g/mol. The Morgan fingerprint density at radius 1 is 1.21 bits per heavy atom. The Morgan fingerprint density at radius 2 is 2.11 bits per heavy atom. The fourth-order valence-electron chi connectivity index (χ4n) is 1.98. The van der Waals surface area contributed by atoms with Crippen molar-refractivity contribution in [3.8, 4) is 0 Å². The summed E-state index contributed by atoms with van der Waals surface area (Å²) in [7, 11) is 1.93. The number of rotatable bonds is 4. The number of thioether (sulfide) groups is 1. The van der Waals surface area contributed by atoms with Crippen LogP contribution in [-0.4, -0.2) is 12.0 Å². The molecule has 0 aliphatic heterocycles. The normalized spacial score (nSPS) is 10.8. The van der Waals surface area contributed by atoms with Gasteiger partial charge in [-0.05, 0) is 23.6 Å². The third kappa shape index (κ3) is 2.74. The van der Waals surface area contributed by atoms with Gasteiger partial charge in [-0.3, -0.25) is 0 Å². The zero-order valence-corrected chi connectivity index (χ0v) is 12.2. The lowest BCUT2D eigenvalue weighted by Gasteiger charge is -2.09. The Balaban J connectivity index is 1.92. The van der Waals surface area contributed by atoms with Gasteiger partial charge in [0.25, 0.3) is 0 Å². The van der Waals surface area contributed by atoms with Gasteiger partial charge >= 0.3 is 0 Å². The summed E-state index contributed by atoms with van der Waals surface area (Å²) in [6.07, 6.45) is 0. The number of anilines is 1. The molecule has 3 rings (SSSR count). The molecule has 19 heavy (non-hydrogen) atoms. The highest BCUT2D eigenvalue weighted by molar-refractivity contribution is 8.00. The first-order valence-corrected chi connectivity index (χ1v) is 7.96. The van der Waals surface area contributed by atoms with Crippen LogP contribution in [0.4, 0.5) is 5.82 Å². The topological polar surface area (TPSA) is 24.9 Å². The molecule has 0 saturated carbocycles. The van der Waals surface area contributed by atoms with Crippen LogP contribution >= 0.6 is 23.1 Å². The van der Waals surface area contributed by atoms with Gasteiger partial charge < -0.3 is 5.32 Å². The monoisotopic (exact) mass is 286 g/mol. The number of para-hydroxylation sites is 1. The van der Waals surface area contributed by atoms with Crippen molar-refractivity contribution in [1.29, 1.82) is 0 Å². The van der Waals surface area contributed by atoms with E-state index in [1.54, 1.807) is 11.3 Å². The van der Waals surface area contributed by atoms with Gasteiger partial charge in [0.15, 0.2) is 0 Å². The molecule has 0 amide bonds. The van der Waals surface area contributed by atoms with E-state index in [4.69, 9.17) is 0 Å². The molecule has 96 valence electrons. The van der Waals surface area contributed by atoms with Crippen molar-refractivity contribution in [3.63, 3.8) is 0 Å². The summed E-state index contributed by atoms with van der Waals surface area (Å²) in [6, 6.07) is 14.7. The van der Waals surface area contributed by atoms with Crippen LogP contribution in [0, 0.1) is 0 Å². The Bertz CT molecular complexity index is 678. The average molecular weight is 286 g/mol. The maximum absolute atomic E-state index is 4.67. The molecule has 2 heterocycles. The van der Waals surface area contributed by atoms with Crippen LogP contribution in [0.3, 0.4) is 0 Å². The molecule has 0 spiro atoms. The largest absolute Gasteiger partial charge is 0.373 e. The fraction of sp³-hybridized carbons (Fsp3) is 0.133. The SMILES string of the molecule is CNc1nc2ccccc2cc1CSc1cccs1. The Kier molecular flexibility index (Phi) is 3.71. The predicted octanol–water partition coefficient (Wildman–Crippen LogP) is 4.63. The second-order valence-corrected chi connectivity index (χ2v) is 6.38. The van der Waals surface area contributed by atoms with Gasteiger partial charge in [-0.2, -0.15) is 0 Å². The molecule has 1 N–H and O–H groups in total. The first-order chi connectivity index (χ1) is 9.36. The van der Waals surface area contributed by atoms with Gasteiger partial charge in [-0.1, -0.05) is 24.3 Å². The molecule has 2 aromatic heterocycles. The highest BCUT2D eigenvalue weighted by Crippen LogP contribution is 2.30. The van der Waals surface area contributed by atoms with Crippen molar-refractivity contribution < 1.29 is 0 Å². The standard InChI is InChI=1S/C15H14N2S2/c1-16-15-12(10-19-14-7-4-8-18-14)9-11-5-2-3-6-13(11)17-15/h2-9H,10H2,1H3,(H,16,17). The van der Waals surface area contributed by atoms with E-state index in [1.165, 1.54) is 15.2 Å². The van der Waals surface area contributed by atoms with E-state index in [1.807, 2.05) is 30.9 Å². The molecule has 0 fully saturated rings. The van der Waals surface area contributed by atoms with Crippen molar-refractivity contribution in [2.45, 2.75) is 9.96 Å². The van der Waals surface area contributed by atoms with Crippen molar-refractivity contribution in [2.75, 3.05) is 12.4 Å². The van der Waals surface area contributed by atoms with Gasteiger partial charge in [0.05, 0.1) is 9.73 Å². The van der Waals surface area contributed by atoms with Crippen molar-refractivity contribution >= 4 is 39.8 Å². The van der Waals surface area contributed by atoms with Crippen LogP contribution in [-0.2, 0) is 5.75 Å². The van der Waals surface area contributed by atoms with E-state index < -0.39 is 0 Å². The van der Waals surface area contributed by atoms with Gasteiger partial charge in [0.2, 0.25) is 0 Å². The zero-order valence-electron chi connectivity index (χ0n) is 10.6. The molecule has 0 radical (unpaired) electrons. The molecule has 0 aliphatic carbocycles. The number of hydrogen-bond acceptors (Lipinski definition) is 4. The van der Waals surface area contributed by atoms with Crippen LogP contribution in [0.15, 0.2) is 52.1 Å². The van der Waals surface area contributed by atoms with Crippen LogP contribution in [0.25, 0.3) is 10.9 Å². The molecular formula is C15H14N2S2. The minimum Gasteiger partial charge on any atom is -0.373 e. The lowest BCUT2D eigenvalue weighted by Crippen LogP contribution is -1.98. The number of fused-ring (bicyclic) bond motifs is 1. The maximum Gasteiger partial charge on any atom is 0.130 e. The first kappa shape index (κ1) is 12.5. The highest BCUT2D eigenvalue weighted by atomic mass is 32.2. The quantitative estimate of drug-likeness (QED) is 0.708. The van der Waals surface area contributed by atoms with E-state index >= 15 is 0 Å². The summed E-state index contributed by atoms with van der Waals surface area (Å²) in [5.74, 6) is 1.91. The summed E-state index contributed by atoms with van der Waals surface area (Å²) in [5, 5.41) is 6.51. The second kappa shape index (κ2) is 5.63. The van der Waals surface area contributed by atoms with Crippen molar-refractivity contribution in [2.24, 2.45) is 0 Å². The predicted molar refractivity (Wildman–Crippen MR) is 85.2 cm³/mol. The highest BCUT2D eigenvalue weighted by Gasteiger charge is 2.06. The van der Waals surface area contributed by atoms with Gasteiger partial charge in [0, 0.05) is 23.8 Å². The smallest absolute Gasteiger partial charge is 0.130 e. The Labute approximate surface area is 120 Å². The number of pyridine rings is 1. The number of nitrogens with one attached hydrogen (secondary N) is 1. The number of thiophene rings is 1. The molecule has 3 aromatic rings. The van der Waals surface area contributed by atoms with Gasteiger partial charge in [-0.15, -0.1) is 23.1 Å². The van der Waals surface area contributed by atoms with E-state index in [0.717, 1.165) is 17.1 Å². The Hall–Kier alpha value is -1.52. The summed E-state index contributed by atoms with van der Waals surface area (Å²) in [5.41, 5.74) is 2.29. The molecule has 0 unspecified atom stereocenters. The van der Waals surface area contributed by atoms with E-state index in [0.29, 0.717) is 0 Å². The number of aromatic nitrogens is 1. The molecule has 0 aliphatic rings. The number of benzene rings is 1. The van der Waals surface area contributed by atoms with Crippen LogP contribution in [0.2, 0.25) is 0 Å². The van der Waals surface area contributed by atoms with Crippen LogP contribution < -0.4 is 5.32 Å². The van der Waals surface area contributed by atoms with Crippen molar-refractivity contribution in [1.82, 2.24) is 4.98 Å². The van der Waals surface area contributed by atoms with Gasteiger partial charge in [0.1, 0.15) is 5.82 Å². The fourth-order valence-corrected chi connectivity index (χ4v) is 3.74. The molecule has 2 nitrogen and oxygen atoms in total. The molecule has 0 atom stereocenters. The minimum atomic E-state index is 0.939. The first-order valence-electron chi connectivity index (χ1n) is 6.09. The van der Waals surface area contributed by atoms with E-state index in [2.05, 4.69) is 46.0 Å². The van der Waals surface area contributed by atoms with Crippen LogP contribution in [0.1, 0.15) is 5.56 Å². The third-order valence-electron chi connectivity index (χ3n) is 2.90. The van der Waals surface area contributed by atoms with Crippen LogP contribution in [0.5, 0.6) is 0 Å². The molecule has 1 aromatic carbocycles. The maximum atomic E-state index is 4.67. The summed E-state index contributed by atoms with van der Waals surface area (Å²) >= 11 is 3.64. The third-order valence-corrected chi connectivity index (χ3v) is 5.08. The molecule has 0 saturated heterocycles. The average Bonchev–Trinajstić information content (AvgIpc) is 2.97. The van der Waals surface area contributed by atoms with Crippen molar-refractivity contribution in [3.05, 3.63) is 53.4 Å². The molecule has 0 bridgehead atoms. The van der Waals surface area contributed by atoms with E-state index in [-0.39, 0.29) is 0 Å². The lowest BCUT2D eigenvalue weighted by molar-refractivity contribution is 1.27. The number of hydrogen-bond donors (Lipinski definition) is 1. The summed E-state index contributed by atoms with van der Waals surface area (Å²) < 4.78 is 1.34.